The molecule has 0 aromatic heterocycles. The van der Waals surface area contributed by atoms with Crippen LogP contribution >= 0.6 is 0 Å². The van der Waals surface area contributed by atoms with E-state index in [0.717, 1.165) is 5.56 Å². The molecule has 0 atom stereocenters. The van der Waals surface area contributed by atoms with Crippen LogP contribution < -0.4 is 4.74 Å². The van der Waals surface area contributed by atoms with Gasteiger partial charge in [-0.3, -0.25) is 9.59 Å². The summed E-state index contributed by atoms with van der Waals surface area (Å²) in [6.45, 7) is 7.41. The predicted octanol–water partition coefficient (Wildman–Crippen LogP) is 3.27. The lowest BCUT2D eigenvalue weighted by Gasteiger charge is -2.26. The van der Waals surface area contributed by atoms with Crippen molar-refractivity contribution in [2.24, 2.45) is 5.41 Å². The summed E-state index contributed by atoms with van der Waals surface area (Å²) < 4.78 is 10.5. The number of benzene rings is 1. The van der Waals surface area contributed by atoms with E-state index in [0.29, 0.717) is 18.6 Å². The van der Waals surface area contributed by atoms with E-state index >= 15 is 0 Å². The van der Waals surface area contributed by atoms with Crippen LogP contribution in [0.15, 0.2) is 24.3 Å². The van der Waals surface area contributed by atoms with Gasteiger partial charge in [-0.05, 0) is 38.3 Å². The summed E-state index contributed by atoms with van der Waals surface area (Å²) in [5.41, 5.74) is -0.371. The third-order valence-electron chi connectivity index (χ3n) is 3.56. The molecular formula is C16H22O4. The zero-order valence-corrected chi connectivity index (χ0v) is 12.6. The van der Waals surface area contributed by atoms with E-state index in [1.807, 2.05) is 19.1 Å². The minimum absolute atomic E-state index is 0.248. The Bertz CT molecular complexity index is 475. The third-order valence-corrected chi connectivity index (χ3v) is 3.56. The van der Waals surface area contributed by atoms with Crippen molar-refractivity contribution < 1.29 is 19.1 Å². The lowest BCUT2D eigenvalue weighted by molar-refractivity contribution is -0.167. The zero-order valence-electron chi connectivity index (χ0n) is 12.6. The van der Waals surface area contributed by atoms with Gasteiger partial charge in [0.25, 0.3) is 0 Å². The van der Waals surface area contributed by atoms with Gasteiger partial charge in [-0.15, -0.1) is 0 Å². The number of rotatable bonds is 6. The molecule has 0 spiro atoms. The van der Waals surface area contributed by atoms with Crippen molar-refractivity contribution in [2.45, 2.75) is 40.5 Å². The Morgan fingerprint density at radius 3 is 2.15 bits per heavy atom. The van der Waals surface area contributed by atoms with Gasteiger partial charge >= 0.3 is 11.9 Å². The van der Waals surface area contributed by atoms with Crippen LogP contribution in [0.1, 0.15) is 39.2 Å². The summed E-state index contributed by atoms with van der Waals surface area (Å²) in [4.78, 5) is 24.6. The second-order valence-corrected chi connectivity index (χ2v) is 4.66. The predicted molar refractivity (Wildman–Crippen MR) is 76.5 cm³/mol. The topological polar surface area (TPSA) is 52.6 Å². The first kappa shape index (κ1) is 16.2. The van der Waals surface area contributed by atoms with Crippen molar-refractivity contribution in [1.29, 1.82) is 0 Å². The molecule has 0 aliphatic heterocycles. The lowest BCUT2D eigenvalue weighted by Crippen LogP contribution is -2.42. The van der Waals surface area contributed by atoms with E-state index in [1.54, 1.807) is 32.9 Å². The Kier molecular flexibility index (Phi) is 5.74. The van der Waals surface area contributed by atoms with E-state index < -0.39 is 17.4 Å². The number of esters is 2. The van der Waals surface area contributed by atoms with Gasteiger partial charge in [-0.1, -0.05) is 32.0 Å². The molecule has 4 nitrogen and oxygen atoms in total. The van der Waals surface area contributed by atoms with Gasteiger partial charge in [0.2, 0.25) is 0 Å². The molecule has 1 aromatic rings. The molecule has 0 N–H and O–H groups in total. The van der Waals surface area contributed by atoms with Crippen molar-refractivity contribution in [3.05, 3.63) is 29.8 Å². The minimum Gasteiger partial charge on any atom is -0.465 e. The van der Waals surface area contributed by atoms with Gasteiger partial charge < -0.3 is 9.47 Å². The van der Waals surface area contributed by atoms with Gasteiger partial charge in [0.15, 0.2) is 5.41 Å². The molecule has 0 heterocycles. The summed E-state index contributed by atoms with van der Waals surface area (Å²) in [5, 5.41) is 0. The highest BCUT2D eigenvalue weighted by Gasteiger charge is 2.46. The van der Waals surface area contributed by atoms with Gasteiger partial charge in [0.1, 0.15) is 5.75 Å². The maximum atomic E-state index is 12.4. The average molecular weight is 278 g/mol. The number of carbonyl (C=O) groups excluding carboxylic acids is 2. The van der Waals surface area contributed by atoms with Gasteiger partial charge in [-0.2, -0.15) is 0 Å². The van der Waals surface area contributed by atoms with Crippen LogP contribution in [0, 0.1) is 12.3 Å². The molecule has 0 bridgehead atoms. The second kappa shape index (κ2) is 7.08. The number of ether oxygens (including phenoxy) is 2. The van der Waals surface area contributed by atoms with E-state index in [2.05, 4.69) is 0 Å². The molecule has 1 aromatic carbocycles. The Labute approximate surface area is 120 Å². The second-order valence-electron chi connectivity index (χ2n) is 4.66. The van der Waals surface area contributed by atoms with Crippen LogP contribution in [0.3, 0.4) is 0 Å². The van der Waals surface area contributed by atoms with E-state index in [9.17, 15) is 9.59 Å². The molecule has 20 heavy (non-hydrogen) atoms. The Morgan fingerprint density at radius 1 is 1.05 bits per heavy atom. The zero-order chi connectivity index (χ0) is 15.2. The highest BCUT2D eigenvalue weighted by Crippen LogP contribution is 2.31. The first-order valence-electron chi connectivity index (χ1n) is 6.97. The third kappa shape index (κ3) is 3.18. The number of aryl methyl sites for hydroxylation is 1. The summed E-state index contributed by atoms with van der Waals surface area (Å²) in [5.74, 6) is -0.577. The molecule has 0 aliphatic carbocycles. The molecule has 110 valence electrons. The van der Waals surface area contributed by atoms with Crippen molar-refractivity contribution in [2.75, 3.05) is 6.61 Å². The molecule has 0 saturated heterocycles. The highest BCUT2D eigenvalue weighted by molar-refractivity contribution is 6.00. The normalized spacial score (nSPS) is 11.0. The minimum atomic E-state index is -1.22. The Morgan fingerprint density at radius 2 is 1.65 bits per heavy atom. The highest BCUT2D eigenvalue weighted by atomic mass is 16.6. The molecule has 0 amide bonds. The SMILES string of the molecule is CCOC(=O)C(CC)(CC)C(=O)Oc1ccccc1C. The number of hydrogen-bond donors (Lipinski definition) is 0. The molecule has 0 radical (unpaired) electrons. The quantitative estimate of drug-likeness (QED) is 0.455. The van der Waals surface area contributed by atoms with Crippen LogP contribution in [-0.4, -0.2) is 18.5 Å². The monoisotopic (exact) mass is 278 g/mol. The number of hydrogen-bond acceptors (Lipinski definition) is 4. The van der Waals surface area contributed by atoms with Crippen LogP contribution in [0.4, 0.5) is 0 Å². The molecule has 0 aliphatic rings. The number of para-hydroxylation sites is 1. The molecule has 0 unspecified atom stereocenters. The summed E-state index contributed by atoms with van der Waals surface area (Å²) >= 11 is 0. The van der Waals surface area contributed by atoms with E-state index in [1.165, 1.54) is 0 Å². The van der Waals surface area contributed by atoms with Gasteiger partial charge in [-0.25, -0.2) is 0 Å². The first-order chi connectivity index (χ1) is 9.51. The first-order valence-corrected chi connectivity index (χ1v) is 6.97. The van der Waals surface area contributed by atoms with Gasteiger partial charge in [0.05, 0.1) is 6.61 Å². The smallest absolute Gasteiger partial charge is 0.328 e. The molecular weight excluding hydrogens is 256 g/mol. The average Bonchev–Trinajstić information content (AvgIpc) is 2.44. The fraction of sp³-hybridized carbons (Fsp3) is 0.500. The van der Waals surface area contributed by atoms with E-state index in [-0.39, 0.29) is 6.61 Å². The van der Waals surface area contributed by atoms with Crippen LogP contribution in [0.2, 0.25) is 0 Å². The number of carbonyl (C=O) groups is 2. The largest absolute Gasteiger partial charge is 0.465 e. The molecule has 4 heteroatoms. The van der Waals surface area contributed by atoms with Crippen LogP contribution in [0.5, 0.6) is 5.75 Å². The Hall–Kier alpha value is -1.84. The van der Waals surface area contributed by atoms with E-state index in [4.69, 9.17) is 9.47 Å². The summed E-state index contributed by atoms with van der Waals surface area (Å²) in [6, 6.07) is 7.23. The summed E-state index contributed by atoms with van der Waals surface area (Å²) in [7, 11) is 0. The molecule has 0 fully saturated rings. The fourth-order valence-corrected chi connectivity index (χ4v) is 2.05. The standard InChI is InChI=1S/C16H22O4/c1-5-16(6-2,14(17)19-7-3)15(18)20-13-11-9-8-10-12(13)4/h8-11H,5-7H2,1-4H3. The fourth-order valence-electron chi connectivity index (χ4n) is 2.05. The summed E-state index contributed by atoms with van der Waals surface area (Å²) in [6.07, 6.45) is 0.708. The van der Waals surface area contributed by atoms with Crippen LogP contribution in [-0.2, 0) is 14.3 Å². The maximum Gasteiger partial charge on any atom is 0.328 e. The Balaban J connectivity index is 3.01. The van der Waals surface area contributed by atoms with Gasteiger partial charge in [0, 0.05) is 0 Å². The van der Waals surface area contributed by atoms with Crippen LogP contribution in [0.25, 0.3) is 0 Å². The van der Waals surface area contributed by atoms with Crippen molar-refractivity contribution >= 4 is 11.9 Å². The maximum absolute atomic E-state index is 12.4. The lowest BCUT2D eigenvalue weighted by atomic mass is 9.82. The van der Waals surface area contributed by atoms with Crippen molar-refractivity contribution in [3.8, 4) is 5.75 Å². The van der Waals surface area contributed by atoms with Crippen molar-refractivity contribution in [1.82, 2.24) is 0 Å². The molecule has 0 saturated carbocycles. The molecule has 1 rings (SSSR count). The van der Waals surface area contributed by atoms with Crippen molar-refractivity contribution in [3.63, 3.8) is 0 Å².